The van der Waals surface area contributed by atoms with Crippen LogP contribution >= 0.6 is 0 Å². The van der Waals surface area contributed by atoms with E-state index in [1.165, 1.54) is 47.1 Å². The molecule has 0 saturated heterocycles. The summed E-state index contributed by atoms with van der Waals surface area (Å²) < 4.78 is 6.39. The smallest absolute Gasteiger partial charge is 0.167 e. The lowest BCUT2D eigenvalue weighted by Gasteiger charge is -2.36. The normalized spacial score (nSPS) is 14.4. The van der Waals surface area contributed by atoms with Gasteiger partial charge < -0.3 is 4.42 Å². The van der Waals surface area contributed by atoms with E-state index in [0.29, 0.717) is 17.5 Å². The quantitative estimate of drug-likeness (QED) is 0.188. The number of nitriles is 1. The van der Waals surface area contributed by atoms with Crippen molar-refractivity contribution < 1.29 is 4.42 Å². The summed E-state index contributed by atoms with van der Waals surface area (Å²) in [6, 6.07) is 48.4. The molecule has 1 spiro atoms. The maximum absolute atomic E-state index is 9.80. The van der Waals surface area contributed by atoms with E-state index in [2.05, 4.69) is 72.8 Å². The maximum Gasteiger partial charge on any atom is 0.167 e. The van der Waals surface area contributed by atoms with E-state index >= 15 is 0 Å². The van der Waals surface area contributed by atoms with Gasteiger partial charge in [0.15, 0.2) is 17.5 Å². The molecule has 10 rings (SSSR count). The molecular weight excluding hydrogens is 625 g/mol. The van der Waals surface area contributed by atoms with Crippen LogP contribution in [0.15, 0.2) is 138 Å². The van der Waals surface area contributed by atoms with Gasteiger partial charge in [-0.2, -0.15) is 5.26 Å². The fourth-order valence-corrected chi connectivity index (χ4v) is 8.61. The predicted molar refractivity (Wildman–Crippen MR) is 203 cm³/mol. The highest BCUT2D eigenvalue weighted by Gasteiger charge is 2.44. The first-order valence-electron chi connectivity index (χ1n) is 17.7. The molecule has 242 valence electrons. The molecule has 0 unspecified atom stereocenters. The number of hydrogen-bond acceptors (Lipinski definition) is 5. The maximum atomic E-state index is 9.80. The van der Waals surface area contributed by atoms with Crippen LogP contribution in [0.3, 0.4) is 0 Å². The fraction of sp³-hybridized carbons (Fsp3) is 0.130. The van der Waals surface area contributed by atoms with E-state index < -0.39 is 0 Å². The number of nitrogens with zero attached hydrogens (tertiary/aromatic N) is 4. The first kappa shape index (κ1) is 29.5. The average molecular weight is 657 g/mol. The molecule has 0 radical (unpaired) electrons. The van der Waals surface area contributed by atoms with Crippen LogP contribution in [0.25, 0.3) is 78.4 Å². The molecule has 8 aromatic rings. The van der Waals surface area contributed by atoms with Gasteiger partial charge in [0.05, 0.1) is 17.2 Å². The lowest BCUT2D eigenvalue weighted by Crippen LogP contribution is -2.28. The standard InChI is InChI=1S/C46H32N4O/c47-28-29-19-24-36-39(27-29)46(25-7-2-8-26-46)38-17-10-14-33(41(36)38)30-20-22-32(23-21-30)44-48-43(31-11-3-1-4-12-31)49-45(50-44)37-16-9-15-35-34-13-5-6-18-40(34)51-42(35)37/h1,3-6,9-24,27H,2,7-8,25-26H2. The number of benzene rings is 6. The minimum Gasteiger partial charge on any atom is -0.455 e. The third-order valence-corrected chi connectivity index (χ3v) is 11.0. The minimum atomic E-state index is -0.0243. The SMILES string of the molecule is N#Cc1ccc2c(c1)C1(CCCCC1)c1cccc(-c3ccc(-c4nc(-c5ccccc5)nc(-c5cccc6c5oc5ccccc56)n4)cc3)c1-2. The van der Waals surface area contributed by atoms with Crippen molar-refractivity contribution in [3.05, 3.63) is 150 Å². The van der Waals surface area contributed by atoms with Crippen molar-refractivity contribution in [1.82, 2.24) is 15.0 Å². The Hall–Kier alpha value is -6.38. The summed E-state index contributed by atoms with van der Waals surface area (Å²) in [6.45, 7) is 0. The Balaban J connectivity index is 1.10. The van der Waals surface area contributed by atoms with Gasteiger partial charge in [-0.1, -0.05) is 128 Å². The van der Waals surface area contributed by atoms with Gasteiger partial charge in [-0.15, -0.1) is 0 Å². The fourth-order valence-electron chi connectivity index (χ4n) is 8.61. The third kappa shape index (κ3) is 4.64. The summed E-state index contributed by atoms with van der Waals surface area (Å²) >= 11 is 0. The molecule has 1 fully saturated rings. The van der Waals surface area contributed by atoms with Gasteiger partial charge in [-0.05, 0) is 70.5 Å². The van der Waals surface area contributed by atoms with Gasteiger partial charge in [-0.3, -0.25) is 0 Å². The zero-order chi connectivity index (χ0) is 33.9. The summed E-state index contributed by atoms with van der Waals surface area (Å²) in [6.07, 6.45) is 5.93. The molecule has 2 aromatic heterocycles. The van der Waals surface area contributed by atoms with E-state index in [1.54, 1.807) is 0 Å². The molecule has 0 amide bonds. The first-order valence-corrected chi connectivity index (χ1v) is 17.7. The minimum absolute atomic E-state index is 0.0243. The number of rotatable bonds is 4. The van der Waals surface area contributed by atoms with Crippen LogP contribution in [0.1, 0.15) is 48.8 Å². The van der Waals surface area contributed by atoms with Crippen LogP contribution in [0, 0.1) is 11.3 Å². The lowest BCUT2D eigenvalue weighted by atomic mass is 9.67. The van der Waals surface area contributed by atoms with E-state index in [4.69, 9.17) is 19.4 Å². The highest BCUT2D eigenvalue weighted by atomic mass is 16.3. The monoisotopic (exact) mass is 656 g/mol. The van der Waals surface area contributed by atoms with Crippen molar-refractivity contribution >= 4 is 21.9 Å². The molecule has 6 aromatic carbocycles. The Kier molecular flexibility index (Phi) is 6.72. The topological polar surface area (TPSA) is 75.6 Å². The van der Waals surface area contributed by atoms with Crippen molar-refractivity contribution in [3.8, 4) is 62.5 Å². The number of aromatic nitrogens is 3. The molecule has 51 heavy (non-hydrogen) atoms. The van der Waals surface area contributed by atoms with Gasteiger partial charge in [0.25, 0.3) is 0 Å². The Labute approximate surface area is 295 Å². The molecule has 0 aliphatic heterocycles. The Morgan fingerprint density at radius 1 is 0.529 bits per heavy atom. The number of para-hydroxylation sites is 2. The first-order chi connectivity index (χ1) is 25.2. The second-order valence-corrected chi connectivity index (χ2v) is 13.8. The van der Waals surface area contributed by atoms with Crippen LogP contribution < -0.4 is 0 Å². The van der Waals surface area contributed by atoms with Crippen molar-refractivity contribution in [2.75, 3.05) is 0 Å². The van der Waals surface area contributed by atoms with Gasteiger partial charge in [-0.25, -0.2) is 15.0 Å². The second-order valence-electron chi connectivity index (χ2n) is 13.8. The molecular formula is C46H32N4O. The van der Waals surface area contributed by atoms with Crippen molar-refractivity contribution in [2.24, 2.45) is 0 Å². The summed E-state index contributed by atoms with van der Waals surface area (Å²) in [5.74, 6) is 1.78. The summed E-state index contributed by atoms with van der Waals surface area (Å²) in [4.78, 5) is 15.1. The van der Waals surface area contributed by atoms with Crippen LogP contribution in [0.5, 0.6) is 0 Å². The number of furan rings is 1. The molecule has 0 bridgehead atoms. The van der Waals surface area contributed by atoms with Crippen molar-refractivity contribution in [2.45, 2.75) is 37.5 Å². The van der Waals surface area contributed by atoms with E-state index in [0.717, 1.165) is 62.6 Å². The van der Waals surface area contributed by atoms with Crippen LogP contribution in [0.2, 0.25) is 0 Å². The van der Waals surface area contributed by atoms with Crippen LogP contribution in [0.4, 0.5) is 0 Å². The zero-order valence-corrected chi connectivity index (χ0v) is 27.9. The number of hydrogen-bond donors (Lipinski definition) is 0. The van der Waals surface area contributed by atoms with Crippen LogP contribution in [-0.2, 0) is 5.41 Å². The predicted octanol–water partition coefficient (Wildman–Crippen LogP) is 11.5. The van der Waals surface area contributed by atoms with Gasteiger partial charge in [0, 0.05) is 27.3 Å². The largest absolute Gasteiger partial charge is 0.455 e. The zero-order valence-electron chi connectivity index (χ0n) is 27.9. The van der Waals surface area contributed by atoms with E-state index in [-0.39, 0.29) is 5.41 Å². The molecule has 0 atom stereocenters. The van der Waals surface area contributed by atoms with E-state index in [1.807, 2.05) is 66.7 Å². The van der Waals surface area contributed by atoms with Crippen LogP contribution in [-0.4, -0.2) is 15.0 Å². The van der Waals surface area contributed by atoms with Gasteiger partial charge >= 0.3 is 0 Å². The lowest BCUT2D eigenvalue weighted by molar-refractivity contribution is 0.353. The molecule has 2 aliphatic rings. The molecule has 2 aliphatic carbocycles. The number of fused-ring (bicyclic) bond motifs is 8. The molecule has 0 N–H and O–H groups in total. The third-order valence-electron chi connectivity index (χ3n) is 11.0. The van der Waals surface area contributed by atoms with Gasteiger partial charge in [0.2, 0.25) is 0 Å². The summed E-state index contributed by atoms with van der Waals surface area (Å²) in [7, 11) is 0. The highest BCUT2D eigenvalue weighted by Crippen LogP contribution is 2.58. The van der Waals surface area contributed by atoms with Crippen molar-refractivity contribution in [1.29, 1.82) is 5.26 Å². The second kappa shape index (κ2) is 11.6. The van der Waals surface area contributed by atoms with Crippen molar-refractivity contribution in [3.63, 3.8) is 0 Å². The summed E-state index contributed by atoms with van der Waals surface area (Å²) in [5, 5.41) is 11.9. The average Bonchev–Trinajstić information content (AvgIpc) is 3.71. The molecule has 2 heterocycles. The molecule has 5 nitrogen and oxygen atoms in total. The summed E-state index contributed by atoms with van der Waals surface area (Å²) in [5.41, 5.74) is 12.6. The Morgan fingerprint density at radius 3 is 2.00 bits per heavy atom. The molecule has 5 heteroatoms. The molecule has 1 saturated carbocycles. The van der Waals surface area contributed by atoms with E-state index in [9.17, 15) is 5.26 Å². The highest BCUT2D eigenvalue weighted by molar-refractivity contribution is 6.09. The Bertz CT molecular complexity index is 2680. The Morgan fingerprint density at radius 2 is 1.20 bits per heavy atom. The van der Waals surface area contributed by atoms with Gasteiger partial charge in [0.1, 0.15) is 11.2 Å².